The third-order valence-corrected chi connectivity index (χ3v) is 2.80. The fraction of sp³-hybridized carbons (Fsp3) is 0.286. The predicted molar refractivity (Wildman–Crippen MR) is 63.3 cm³/mol. The Kier molecular flexibility index (Phi) is 5.89. The molecule has 5 nitrogen and oxygen atoms in total. The minimum Gasteiger partial charge on any atom is -0.874 e. The predicted octanol–water partition coefficient (Wildman–Crippen LogP) is -1.90. The molecule has 1 aromatic carbocycles. The molecule has 2 rings (SSSR count). The van der Waals surface area contributed by atoms with Gasteiger partial charge in [-0.3, -0.25) is 0 Å². The van der Waals surface area contributed by atoms with E-state index in [0.717, 1.165) is 0 Å². The Labute approximate surface area is 151 Å². The van der Waals surface area contributed by atoms with Gasteiger partial charge in [-0.15, -0.1) is 5.76 Å². The molecule has 1 aliphatic heterocycles. The second-order valence-electron chi connectivity index (χ2n) is 5.01. The molecule has 23 heavy (non-hydrogen) atoms. The molecule has 0 aromatic heterocycles. The Morgan fingerprint density at radius 2 is 1.52 bits per heavy atom. The summed E-state index contributed by atoms with van der Waals surface area (Å²) in [5.74, 6) is -9.01. The SMILES string of the molecule is CC1(C)OC(=O)C(=C([O-])Cc2cc(F)c(F)cc2F)C(=O)O1.[Na+]. The molecule has 0 radical (unpaired) electrons. The van der Waals surface area contributed by atoms with Crippen LogP contribution in [-0.2, 0) is 25.5 Å². The first-order valence-electron chi connectivity index (χ1n) is 6.11. The zero-order valence-corrected chi connectivity index (χ0v) is 14.5. The maximum Gasteiger partial charge on any atom is 1.00 e. The van der Waals surface area contributed by atoms with Gasteiger partial charge in [-0.2, -0.15) is 0 Å². The molecular formula is C14H10F3NaO5. The van der Waals surface area contributed by atoms with Crippen LogP contribution in [0.4, 0.5) is 13.2 Å². The summed E-state index contributed by atoms with van der Waals surface area (Å²) in [4.78, 5) is 23.3. The van der Waals surface area contributed by atoms with Crippen molar-refractivity contribution in [3.05, 3.63) is 46.5 Å². The third kappa shape index (κ3) is 4.27. The number of carbonyl (C=O) groups is 2. The van der Waals surface area contributed by atoms with E-state index in [0.29, 0.717) is 6.07 Å². The van der Waals surface area contributed by atoms with Crippen LogP contribution in [0.2, 0.25) is 0 Å². The molecule has 9 heteroatoms. The second kappa shape index (κ2) is 6.94. The van der Waals surface area contributed by atoms with E-state index in [9.17, 15) is 27.9 Å². The Morgan fingerprint density at radius 1 is 1.04 bits per heavy atom. The van der Waals surface area contributed by atoms with Crippen molar-refractivity contribution in [3.63, 3.8) is 0 Å². The van der Waals surface area contributed by atoms with Crippen molar-refractivity contribution in [3.8, 4) is 0 Å². The van der Waals surface area contributed by atoms with Crippen LogP contribution < -0.4 is 34.7 Å². The van der Waals surface area contributed by atoms with E-state index in [4.69, 9.17) is 9.47 Å². The summed E-state index contributed by atoms with van der Waals surface area (Å²) in [7, 11) is 0. The maximum atomic E-state index is 13.5. The molecule has 0 aliphatic carbocycles. The van der Waals surface area contributed by atoms with Crippen LogP contribution >= 0.6 is 0 Å². The number of benzene rings is 1. The Balaban J connectivity index is 0.00000264. The van der Waals surface area contributed by atoms with E-state index in [1.807, 2.05) is 0 Å². The minimum absolute atomic E-state index is 0. The van der Waals surface area contributed by atoms with Gasteiger partial charge in [0.25, 0.3) is 5.79 Å². The van der Waals surface area contributed by atoms with Crippen molar-refractivity contribution in [1.29, 1.82) is 0 Å². The summed E-state index contributed by atoms with van der Waals surface area (Å²) in [5, 5.41) is 11.9. The van der Waals surface area contributed by atoms with Gasteiger partial charge in [0.2, 0.25) is 0 Å². The molecule has 0 saturated carbocycles. The van der Waals surface area contributed by atoms with E-state index in [-0.39, 0.29) is 35.6 Å². The monoisotopic (exact) mass is 338 g/mol. The fourth-order valence-corrected chi connectivity index (χ4v) is 1.84. The number of halogens is 3. The number of allylic oxidation sites excluding steroid dienone is 1. The van der Waals surface area contributed by atoms with Gasteiger partial charge in [-0.1, -0.05) is 0 Å². The van der Waals surface area contributed by atoms with Crippen LogP contribution in [0.3, 0.4) is 0 Å². The molecule has 1 heterocycles. The number of rotatable bonds is 2. The van der Waals surface area contributed by atoms with Gasteiger partial charge in [0.05, 0.1) is 0 Å². The average molecular weight is 338 g/mol. The largest absolute Gasteiger partial charge is 1.00 e. The second-order valence-corrected chi connectivity index (χ2v) is 5.01. The summed E-state index contributed by atoms with van der Waals surface area (Å²) >= 11 is 0. The van der Waals surface area contributed by atoms with Gasteiger partial charge in [-0.25, -0.2) is 22.8 Å². The molecule has 0 atom stereocenters. The van der Waals surface area contributed by atoms with E-state index in [1.165, 1.54) is 13.8 Å². The number of esters is 2. The number of carbonyl (C=O) groups excluding carboxylic acids is 2. The standard InChI is InChI=1S/C14H11F3O5.Na/c1-14(2)21-12(19)11(13(20)22-14)10(18)4-6-3-8(16)9(17)5-7(6)15;/h3,5,18H,4H2,1-2H3;/q;+1/p-1. The molecule has 1 aromatic rings. The van der Waals surface area contributed by atoms with E-state index in [2.05, 4.69) is 0 Å². The molecule has 0 unspecified atom stereocenters. The van der Waals surface area contributed by atoms with Crippen LogP contribution in [0.15, 0.2) is 23.5 Å². The molecular weight excluding hydrogens is 328 g/mol. The molecule has 1 fully saturated rings. The van der Waals surface area contributed by atoms with Gasteiger partial charge in [0.15, 0.2) is 11.6 Å². The summed E-state index contributed by atoms with van der Waals surface area (Å²) < 4.78 is 48.8. The molecule has 0 bridgehead atoms. The van der Waals surface area contributed by atoms with Crippen LogP contribution in [0.25, 0.3) is 0 Å². The summed E-state index contributed by atoms with van der Waals surface area (Å²) in [6, 6.07) is 0.746. The van der Waals surface area contributed by atoms with Gasteiger partial charge in [-0.05, 0) is 18.1 Å². The topological polar surface area (TPSA) is 75.7 Å². The minimum atomic E-state index is -1.52. The number of hydrogen-bond acceptors (Lipinski definition) is 5. The number of cyclic esters (lactones) is 2. The van der Waals surface area contributed by atoms with Crippen molar-refractivity contribution in [1.82, 2.24) is 0 Å². The maximum absolute atomic E-state index is 13.5. The van der Waals surface area contributed by atoms with Crippen molar-refractivity contribution >= 4 is 11.9 Å². The van der Waals surface area contributed by atoms with Gasteiger partial charge >= 0.3 is 41.5 Å². The molecule has 0 amide bonds. The Morgan fingerprint density at radius 3 is 2.04 bits per heavy atom. The molecule has 1 aliphatic rings. The molecule has 118 valence electrons. The van der Waals surface area contributed by atoms with Crippen molar-refractivity contribution in [2.45, 2.75) is 26.1 Å². The summed E-state index contributed by atoms with van der Waals surface area (Å²) in [6.07, 6.45) is -0.816. The van der Waals surface area contributed by atoms with Crippen LogP contribution in [-0.4, -0.2) is 17.7 Å². The quantitative estimate of drug-likeness (QED) is 0.157. The fourth-order valence-electron chi connectivity index (χ4n) is 1.84. The van der Waals surface area contributed by atoms with Crippen LogP contribution in [0, 0.1) is 17.5 Å². The Bertz CT molecular complexity index is 678. The van der Waals surface area contributed by atoms with Gasteiger partial charge in [0, 0.05) is 19.9 Å². The summed E-state index contributed by atoms with van der Waals surface area (Å²) in [5.41, 5.74) is -1.43. The van der Waals surface area contributed by atoms with Crippen molar-refractivity contribution in [2.75, 3.05) is 0 Å². The van der Waals surface area contributed by atoms with Crippen molar-refractivity contribution in [2.24, 2.45) is 0 Å². The van der Waals surface area contributed by atoms with Crippen molar-refractivity contribution < 1.29 is 66.9 Å². The van der Waals surface area contributed by atoms with E-state index in [1.54, 1.807) is 0 Å². The van der Waals surface area contributed by atoms with E-state index < -0.39 is 58.5 Å². The third-order valence-electron chi connectivity index (χ3n) is 2.80. The average Bonchev–Trinajstić information content (AvgIpc) is 2.33. The first kappa shape index (κ1) is 19.5. The van der Waals surface area contributed by atoms with Crippen LogP contribution in [0.1, 0.15) is 19.4 Å². The number of hydrogen-bond donors (Lipinski definition) is 0. The Hall–Kier alpha value is -1.51. The van der Waals surface area contributed by atoms with Gasteiger partial charge < -0.3 is 14.6 Å². The first-order chi connectivity index (χ1) is 10.1. The van der Waals surface area contributed by atoms with E-state index >= 15 is 0 Å². The molecule has 0 N–H and O–H groups in total. The smallest absolute Gasteiger partial charge is 0.874 e. The first-order valence-corrected chi connectivity index (χ1v) is 6.11. The van der Waals surface area contributed by atoms with Crippen LogP contribution in [0.5, 0.6) is 0 Å². The normalized spacial score (nSPS) is 16.3. The van der Waals surface area contributed by atoms with Gasteiger partial charge in [0.1, 0.15) is 11.4 Å². The zero-order chi connectivity index (χ0) is 16.7. The molecule has 0 spiro atoms. The number of ether oxygens (including phenoxy) is 2. The molecule has 1 saturated heterocycles. The zero-order valence-electron chi connectivity index (χ0n) is 12.5. The summed E-state index contributed by atoms with van der Waals surface area (Å²) in [6.45, 7) is 2.58.